The molecule has 0 rings (SSSR count). The van der Waals surface area contributed by atoms with E-state index in [1.807, 2.05) is 20.8 Å². The Balaban J connectivity index is 4.17. The minimum Gasteiger partial charge on any atom is -0.481 e. The number of carbonyl (C=O) groups excluding carboxylic acids is 1. The number of amides is 1. The molecule has 0 bridgehead atoms. The molecule has 0 radical (unpaired) electrons. The first-order chi connectivity index (χ1) is 6.22. The molecule has 1 atom stereocenters. The average molecular weight is 201 g/mol. The van der Waals surface area contributed by atoms with Crippen molar-refractivity contribution in [1.29, 1.82) is 0 Å². The van der Waals surface area contributed by atoms with Crippen LogP contribution in [-0.2, 0) is 9.59 Å². The molecule has 0 aliphatic heterocycles. The maximum atomic E-state index is 10.8. The largest absolute Gasteiger partial charge is 0.481 e. The molecule has 1 unspecified atom stereocenters. The summed E-state index contributed by atoms with van der Waals surface area (Å²) >= 11 is 0. The number of carboxylic acid groups (broad SMARTS) is 1. The van der Waals surface area contributed by atoms with E-state index in [0.29, 0.717) is 6.42 Å². The third kappa shape index (κ3) is 6.46. The van der Waals surface area contributed by atoms with Gasteiger partial charge >= 0.3 is 5.97 Å². The Morgan fingerprint density at radius 1 is 1.36 bits per heavy atom. The number of carboxylic acids is 1. The van der Waals surface area contributed by atoms with Crippen LogP contribution in [0.1, 0.15) is 34.1 Å². The fourth-order valence-corrected chi connectivity index (χ4v) is 1.25. The van der Waals surface area contributed by atoms with E-state index in [9.17, 15) is 9.59 Å². The van der Waals surface area contributed by atoms with Crippen LogP contribution in [0.5, 0.6) is 0 Å². The van der Waals surface area contributed by atoms with Crippen LogP contribution < -0.4 is 5.32 Å². The number of hydrogen-bond acceptors (Lipinski definition) is 2. The lowest BCUT2D eigenvalue weighted by Gasteiger charge is -2.23. The quantitative estimate of drug-likeness (QED) is 0.719. The first-order valence-electron chi connectivity index (χ1n) is 4.69. The molecule has 0 saturated heterocycles. The zero-order valence-corrected chi connectivity index (χ0v) is 9.26. The van der Waals surface area contributed by atoms with Crippen molar-refractivity contribution < 1.29 is 14.7 Å². The Bertz CT molecular complexity index is 218. The highest BCUT2D eigenvalue weighted by Gasteiger charge is 2.24. The fourth-order valence-electron chi connectivity index (χ4n) is 1.25. The van der Waals surface area contributed by atoms with Gasteiger partial charge in [-0.1, -0.05) is 20.8 Å². The lowest BCUT2D eigenvalue weighted by molar-refractivity contribution is -0.142. The minimum absolute atomic E-state index is 0.0402. The normalized spacial score (nSPS) is 13.4. The van der Waals surface area contributed by atoms with Gasteiger partial charge in [-0.15, -0.1) is 0 Å². The summed E-state index contributed by atoms with van der Waals surface area (Å²) in [7, 11) is 0. The molecule has 0 fully saturated rings. The summed E-state index contributed by atoms with van der Waals surface area (Å²) < 4.78 is 0. The molecule has 14 heavy (non-hydrogen) atoms. The van der Waals surface area contributed by atoms with Gasteiger partial charge in [-0.2, -0.15) is 0 Å². The molecule has 2 N–H and O–H groups in total. The molecule has 0 spiro atoms. The maximum Gasteiger partial charge on any atom is 0.308 e. The molecule has 0 saturated carbocycles. The van der Waals surface area contributed by atoms with Crippen molar-refractivity contribution in [2.75, 3.05) is 6.54 Å². The summed E-state index contributed by atoms with van der Waals surface area (Å²) in [5.74, 6) is -1.54. The van der Waals surface area contributed by atoms with E-state index in [4.69, 9.17) is 5.11 Å². The predicted molar refractivity (Wildman–Crippen MR) is 53.9 cm³/mol. The Morgan fingerprint density at radius 3 is 2.14 bits per heavy atom. The molecule has 0 aromatic rings. The van der Waals surface area contributed by atoms with Crippen molar-refractivity contribution in [1.82, 2.24) is 5.32 Å². The summed E-state index contributed by atoms with van der Waals surface area (Å²) in [4.78, 5) is 21.5. The number of carbonyl (C=O) groups is 2. The third-order valence-corrected chi connectivity index (χ3v) is 1.81. The van der Waals surface area contributed by atoms with Gasteiger partial charge in [0, 0.05) is 13.5 Å². The molecule has 0 aliphatic rings. The highest BCUT2D eigenvalue weighted by Crippen LogP contribution is 2.24. The van der Waals surface area contributed by atoms with Crippen molar-refractivity contribution in [2.24, 2.45) is 11.3 Å². The predicted octanol–water partition coefficient (Wildman–Crippen LogP) is 1.26. The lowest BCUT2D eigenvalue weighted by Crippen LogP contribution is -2.33. The number of nitrogens with one attached hydrogen (secondary N) is 1. The maximum absolute atomic E-state index is 10.8. The van der Waals surface area contributed by atoms with E-state index in [-0.39, 0.29) is 17.9 Å². The molecule has 4 heteroatoms. The Morgan fingerprint density at radius 2 is 1.86 bits per heavy atom. The van der Waals surface area contributed by atoms with Crippen LogP contribution in [0.25, 0.3) is 0 Å². The van der Waals surface area contributed by atoms with Gasteiger partial charge < -0.3 is 10.4 Å². The van der Waals surface area contributed by atoms with Crippen LogP contribution in [0.2, 0.25) is 0 Å². The van der Waals surface area contributed by atoms with E-state index in [1.54, 1.807) is 0 Å². The molecule has 0 aromatic carbocycles. The van der Waals surface area contributed by atoms with Crippen LogP contribution in [-0.4, -0.2) is 23.5 Å². The molecular formula is C10H19NO3. The minimum atomic E-state index is -0.853. The van der Waals surface area contributed by atoms with Gasteiger partial charge in [0.2, 0.25) is 5.91 Å². The summed E-state index contributed by atoms with van der Waals surface area (Å²) in [6.45, 7) is 7.54. The Kier molecular flexibility index (Phi) is 4.60. The second-order valence-corrected chi connectivity index (χ2v) is 4.74. The average Bonchev–Trinajstić information content (AvgIpc) is 1.94. The van der Waals surface area contributed by atoms with Crippen molar-refractivity contribution in [3.63, 3.8) is 0 Å². The van der Waals surface area contributed by atoms with Crippen LogP contribution in [0, 0.1) is 11.3 Å². The van der Waals surface area contributed by atoms with Crippen LogP contribution in [0.4, 0.5) is 0 Å². The first kappa shape index (κ1) is 12.9. The summed E-state index contributed by atoms with van der Waals surface area (Å²) in [6.07, 6.45) is 0.558. The van der Waals surface area contributed by atoms with Crippen LogP contribution >= 0.6 is 0 Å². The van der Waals surface area contributed by atoms with Gasteiger partial charge in [0.25, 0.3) is 0 Å². The smallest absolute Gasteiger partial charge is 0.308 e. The van der Waals surface area contributed by atoms with E-state index < -0.39 is 11.9 Å². The van der Waals surface area contributed by atoms with Crippen molar-refractivity contribution >= 4 is 11.9 Å². The molecule has 4 nitrogen and oxygen atoms in total. The SMILES string of the molecule is CC(=O)NCC(CC(C)(C)C)C(=O)O. The van der Waals surface area contributed by atoms with Crippen molar-refractivity contribution in [3.05, 3.63) is 0 Å². The third-order valence-electron chi connectivity index (χ3n) is 1.81. The van der Waals surface area contributed by atoms with Gasteiger partial charge in [-0.3, -0.25) is 9.59 Å². The van der Waals surface area contributed by atoms with E-state index >= 15 is 0 Å². The Labute approximate surface area is 84.7 Å². The number of rotatable bonds is 4. The van der Waals surface area contributed by atoms with Gasteiger partial charge in [0.05, 0.1) is 5.92 Å². The summed E-state index contributed by atoms with van der Waals surface area (Å²) in [6, 6.07) is 0. The van der Waals surface area contributed by atoms with E-state index in [2.05, 4.69) is 5.32 Å². The molecular weight excluding hydrogens is 182 g/mol. The lowest BCUT2D eigenvalue weighted by atomic mass is 9.84. The number of hydrogen-bond donors (Lipinski definition) is 2. The Hall–Kier alpha value is -1.06. The molecule has 82 valence electrons. The van der Waals surface area contributed by atoms with E-state index in [1.165, 1.54) is 6.92 Å². The zero-order valence-electron chi connectivity index (χ0n) is 9.26. The second kappa shape index (κ2) is 4.98. The van der Waals surface area contributed by atoms with Crippen LogP contribution in [0.3, 0.4) is 0 Å². The second-order valence-electron chi connectivity index (χ2n) is 4.74. The topological polar surface area (TPSA) is 66.4 Å². The highest BCUT2D eigenvalue weighted by atomic mass is 16.4. The fraction of sp³-hybridized carbons (Fsp3) is 0.800. The zero-order chi connectivity index (χ0) is 11.4. The standard InChI is InChI=1S/C10H19NO3/c1-7(12)11-6-8(9(13)14)5-10(2,3)4/h8H,5-6H2,1-4H3,(H,11,12)(H,13,14). The van der Waals surface area contributed by atoms with Gasteiger partial charge in [0.1, 0.15) is 0 Å². The molecule has 0 aliphatic carbocycles. The van der Waals surface area contributed by atoms with Crippen molar-refractivity contribution in [2.45, 2.75) is 34.1 Å². The van der Waals surface area contributed by atoms with Gasteiger partial charge in [-0.25, -0.2) is 0 Å². The van der Waals surface area contributed by atoms with E-state index in [0.717, 1.165) is 0 Å². The number of aliphatic carboxylic acids is 1. The monoisotopic (exact) mass is 201 g/mol. The summed E-state index contributed by atoms with van der Waals surface area (Å²) in [5, 5.41) is 11.4. The van der Waals surface area contributed by atoms with Gasteiger partial charge in [0.15, 0.2) is 0 Å². The van der Waals surface area contributed by atoms with Crippen molar-refractivity contribution in [3.8, 4) is 0 Å². The summed E-state index contributed by atoms with van der Waals surface area (Å²) in [5.41, 5.74) is -0.0402. The molecule has 0 aromatic heterocycles. The van der Waals surface area contributed by atoms with Crippen LogP contribution in [0.15, 0.2) is 0 Å². The highest BCUT2D eigenvalue weighted by molar-refractivity contribution is 5.75. The first-order valence-corrected chi connectivity index (χ1v) is 4.69. The molecule has 1 amide bonds. The van der Waals surface area contributed by atoms with Gasteiger partial charge in [-0.05, 0) is 11.8 Å². The molecule has 0 heterocycles.